The van der Waals surface area contributed by atoms with Gasteiger partial charge in [0.25, 0.3) is 5.91 Å². The van der Waals surface area contributed by atoms with E-state index in [0.29, 0.717) is 31.1 Å². The van der Waals surface area contributed by atoms with Gasteiger partial charge in [0.1, 0.15) is 11.5 Å². The SMILES string of the molecule is CNc1cncc(C(=O)N2CCCN(CCO)CC2)n1. The smallest absolute Gasteiger partial charge is 0.274 e. The predicted octanol–water partition coefficient (Wildman–Crippen LogP) is -0.341. The average molecular weight is 279 g/mol. The molecule has 2 rings (SSSR count). The normalized spacial score (nSPS) is 16.8. The Kier molecular flexibility index (Phi) is 5.25. The second-order valence-corrected chi connectivity index (χ2v) is 4.75. The highest BCUT2D eigenvalue weighted by Crippen LogP contribution is 2.09. The molecule has 0 radical (unpaired) electrons. The number of anilines is 1. The van der Waals surface area contributed by atoms with Crippen molar-refractivity contribution < 1.29 is 9.90 Å². The highest BCUT2D eigenvalue weighted by Gasteiger charge is 2.21. The van der Waals surface area contributed by atoms with Crippen LogP contribution in [0.25, 0.3) is 0 Å². The van der Waals surface area contributed by atoms with Gasteiger partial charge in [0.15, 0.2) is 0 Å². The van der Waals surface area contributed by atoms with E-state index < -0.39 is 0 Å². The number of carbonyl (C=O) groups is 1. The number of aliphatic hydroxyl groups is 1. The van der Waals surface area contributed by atoms with E-state index in [1.165, 1.54) is 6.20 Å². The molecule has 1 amide bonds. The van der Waals surface area contributed by atoms with Crippen LogP contribution in [0.15, 0.2) is 12.4 Å². The fourth-order valence-corrected chi connectivity index (χ4v) is 2.29. The average Bonchev–Trinajstić information content (AvgIpc) is 2.73. The molecule has 1 fully saturated rings. The second kappa shape index (κ2) is 7.16. The van der Waals surface area contributed by atoms with Gasteiger partial charge in [-0.25, -0.2) is 4.98 Å². The standard InChI is InChI=1S/C13H21N5O2/c1-14-12-10-15-9-11(16-12)13(20)18-4-2-3-17(5-6-18)7-8-19/h9-10,19H,2-8H2,1H3,(H,14,16). The van der Waals surface area contributed by atoms with Gasteiger partial charge in [-0.05, 0) is 13.0 Å². The molecule has 2 heterocycles. The lowest BCUT2D eigenvalue weighted by atomic mass is 10.3. The molecule has 7 heteroatoms. The summed E-state index contributed by atoms with van der Waals surface area (Å²) in [7, 11) is 1.75. The molecule has 0 aromatic carbocycles. The van der Waals surface area contributed by atoms with Gasteiger partial charge in [-0.2, -0.15) is 0 Å². The molecular formula is C13H21N5O2. The third-order valence-electron chi connectivity index (χ3n) is 3.40. The number of nitrogens with zero attached hydrogens (tertiary/aromatic N) is 4. The lowest BCUT2D eigenvalue weighted by Crippen LogP contribution is -2.36. The Labute approximate surface area is 118 Å². The summed E-state index contributed by atoms with van der Waals surface area (Å²) < 4.78 is 0. The van der Waals surface area contributed by atoms with Crippen molar-refractivity contribution in [3.8, 4) is 0 Å². The van der Waals surface area contributed by atoms with E-state index in [9.17, 15) is 4.79 Å². The van der Waals surface area contributed by atoms with Crippen molar-refractivity contribution in [2.75, 3.05) is 51.7 Å². The van der Waals surface area contributed by atoms with E-state index in [1.807, 2.05) is 0 Å². The molecule has 1 aliphatic heterocycles. The minimum absolute atomic E-state index is 0.0829. The molecule has 1 aromatic rings. The topological polar surface area (TPSA) is 81.6 Å². The molecule has 0 bridgehead atoms. The number of hydrogen-bond acceptors (Lipinski definition) is 6. The van der Waals surface area contributed by atoms with Crippen LogP contribution in [0.3, 0.4) is 0 Å². The maximum absolute atomic E-state index is 12.4. The molecule has 0 atom stereocenters. The summed E-state index contributed by atoms with van der Waals surface area (Å²) in [6.45, 7) is 3.88. The number of rotatable bonds is 4. The van der Waals surface area contributed by atoms with Gasteiger partial charge in [0.2, 0.25) is 0 Å². The highest BCUT2D eigenvalue weighted by atomic mass is 16.3. The Bertz CT molecular complexity index is 454. The number of amides is 1. The first kappa shape index (κ1) is 14.7. The van der Waals surface area contributed by atoms with Gasteiger partial charge in [0.05, 0.1) is 19.0 Å². The van der Waals surface area contributed by atoms with E-state index in [1.54, 1.807) is 18.1 Å². The van der Waals surface area contributed by atoms with Crippen molar-refractivity contribution in [3.63, 3.8) is 0 Å². The van der Waals surface area contributed by atoms with Gasteiger partial charge in [-0.1, -0.05) is 0 Å². The first-order valence-corrected chi connectivity index (χ1v) is 6.87. The highest BCUT2D eigenvalue weighted by molar-refractivity contribution is 5.92. The zero-order chi connectivity index (χ0) is 14.4. The fourth-order valence-electron chi connectivity index (χ4n) is 2.29. The zero-order valence-electron chi connectivity index (χ0n) is 11.7. The lowest BCUT2D eigenvalue weighted by Gasteiger charge is -2.21. The molecule has 0 saturated carbocycles. The summed E-state index contributed by atoms with van der Waals surface area (Å²) in [5.41, 5.74) is 0.368. The Morgan fingerprint density at radius 1 is 1.35 bits per heavy atom. The summed E-state index contributed by atoms with van der Waals surface area (Å²) in [6.07, 6.45) is 3.99. The quantitative estimate of drug-likeness (QED) is 0.784. The van der Waals surface area contributed by atoms with Crippen molar-refractivity contribution in [3.05, 3.63) is 18.1 Å². The molecule has 0 aliphatic carbocycles. The van der Waals surface area contributed by atoms with Crippen LogP contribution >= 0.6 is 0 Å². The van der Waals surface area contributed by atoms with Crippen LogP contribution in [0.4, 0.5) is 5.82 Å². The number of nitrogens with one attached hydrogen (secondary N) is 1. The van der Waals surface area contributed by atoms with Crippen molar-refractivity contribution in [2.45, 2.75) is 6.42 Å². The zero-order valence-corrected chi connectivity index (χ0v) is 11.7. The van der Waals surface area contributed by atoms with E-state index >= 15 is 0 Å². The molecule has 110 valence electrons. The van der Waals surface area contributed by atoms with Crippen LogP contribution in [0.5, 0.6) is 0 Å². The van der Waals surface area contributed by atoms with Crippen LogP contribution in [0.2, 0.25) is 0 Å². The van der Waals surface area contributed by atoms with E-state index in [4.69, 9.17) is 5.11 Å². The minimum atomic E-state index is -0.0829. The summed E-state index contributed by atoms with van der Waals surface area (Å²) in [5.74, 6) is 0.507. The summed E-state index contributed by atoms with van der Waals surface area (Å²) in [5, 5.41) is 11.9. The predicted molar refractivity (Wildman–Crippen MR) is 75.6 cm³/mol. The molecule has 7 nitrogen and oxygen atoms in total. The third kappa shape index (κ3) is 3.64. The molecule has 1 aromatic heterocycles. The van der Waals surface area contributed by atoms with Crippen molar-refractivity contribution in [2.24, 2.45) is 0 Å². The van der Waals surface area contributed by atoms with Gasteiger partial charge < -0.3 is 15.3 Å². The Balaban J connectivity index is 2.01. The summed E-state index contributed by atoms with van der Waals surface area (Å²) >= 11 is 0. The number of hydrogen-bond donors (Lipinski definition) is 2. The Morgan fingerprint density at radius 3 is 2.95 bits per heavy atom. The summed E-state index contributed by atoms with van der Waals surface area (Å²) in [6, 6.07) is 0. The molecular weight excluding hydrogens is 258 g/mol. The van der Waals surface area contributed by atoms with E-state index in [2.05, 4.69) is 20.2 Å². The Morgan fingerprint density at radius 2 is 2.20 bits per heavy atom. The van der Waals surface area contributed by atoms with Gasteiger partial charge in [-0.15, -0.1) is 0 Å². The monoisotopic (exact) mass is 279 g/mol. The largest absolute Gasteiger partial charge is 0.395 e. The van der Waals surface area contributed by atoms with E-state index in [0.717, 1.165) is 19.5 Å². The van der Waals surface area contributed by atoms with Crippen molar-refractivity contribution in [1.29, 1.82) is 0 Å². The number of aliphatic hydroxyl groups excluding tert-OH is 1. The van der Waals surface area contributed by atoms with Crippen LogP contribution < -0.4 is 5.32 Å². The molecule has 1 saturated heterocycles. The Hall–Kier alpha value is -1.73. The van der Waals surface area contributed by atoms with Crippen LogP contribution in [0.1, 0.15) is 16.9 Å². The van der Waals surface area contributed by atoms with Crippen LogP contribution in [-0.2, 0) is 0 Å². The first-order valence-electron chi connectivity index (χ1n) is 6.87. The number of β-amino-alcohol motifs (C(OH)–C–C–N with tert-alkyl or cyclic N) is 1. The van der Waals surface area contributed by atoms with Gasteiger partial charge >= 0.3 is 0 Å². The molecule has 0 spiro atoms. The molecule has 0 unspecified atom stereocenters. The summed E-state index contributed by atoms with van der Waals surface area (Å²) in [4.78, 5) is 24.6. The number of aromatic nitrogens is 2. The molecule has 20 heavy (non-hydrogen) atoms. The molecule has 1 aliphatic rings. The minimum Gasteiger partial charge on any atom is -0.395 e. The second-order valence-electron chi connectivity index (χ2n) is 4.75. The first-order chi connectivity index (χ1) is 9.74. The molecule has 2 N–H and O–H groups in total. The van der Waals surface area contributed by atoms with Gasteiger partial charge in [-0.3, -0.25) is 14.7 Å². The lowest BCUT2D eigenvalue weighted by molar-refractivity contribution is 0.0754. The van der Waals surface area contributed by atoms with Crippen LogP contribution in [0, 0.1) is 0 Å². The van der Waals surface area contributed by atoms with Crippen molar-refractivity contribution >= 4 is 11.7 Å². The maximum Gasteiger partial charge on any atom is 0.274 e. The number of carbonyl (C=O) groups excluding carboxylic acids is 1. The fraction of sp³-hybridized carbons (Fsp3) is 0.615. The third-order valence-corrected chi connectivity index (χ3v) is 3.40. The van der Waals surface area contributed by atoms with Crippen LogP contribution in [-0.4, -0.2) is 77.2 Å². The maximum atomic E-state index is 12.4. The van der Waals surface area contributed by atoms with E-state index in [-0.39, 0.29) is 12.5 Å². The van der Waals surface area contributed by atoms with Crippen molar-refractivity contribution in [1.82, 2.24) is 19.8 Å². The van der Waals surface area contributed by atoms with Gasteiger partial charge in [0, 0.05) is 33.2 Å².